The van der Waals surface area contributed by atoms with Gasteiger partial charge in [0.1, 0.15) is 5.75 Å². The molecule has 1 aliphatic heterocycles. The minimum Gasteiger partial charge on any atom is -0.467 e. The maximum Gasteiger partial charge on any atom is 0.189 e. The van der Waals surface area contributed by atoms with Crippen LogP contribution in [0.2, 0.25) is 5.02 Å². The van der Waals surface area contributed by atoms with E-state index < -0.39 is 0 Å². The molecule has 0 aromatic heterocycles. The Labute approximate surface area is 141 Å². The Kier molecular flexibility index (Phi) is 3.72. The number of benzene rings is 2. The summed E-state index contributed by atoms with van der Waals surface area (Å²) in [5.74, 6) is 0.875. The Balaban J connectivity index is 1.77. The molecular formula is C20H17ClO2. The van der Waals surface area contributed by atoms with Crippen LogP contribution >= 0.6 is 11.6 Å². The molecule has 0 saturated heterocycles. The third kappa shape index (κ3) is 2.69. The van der Waals surface area contributed by atoms with E-state index in [1.165, 1.54) is 16.7 Å². The Morgan fingerprint density at radius 1 is 1.09 bits per heavy atom. The van der Waals surface area contributed by atoms with Crippen LogP contribution in [-0.2, 0) is 17.8 Å². The van der Waals surface area contributed by atoms with Gasteiger partial charge in [0.15, 0.2) is 6.79 Å². The second-order valence-corrected chi connectivity index (χ2v) is 6.34. The minimum atomic E-state index is 0.286. The van der Waals surface area contributed by atoms with Crippen molar-refractivity contribution in [1.82, 2.24) is 0 Å². The summed E-state index contributed by atoms with van der Waals surface area (Å²) in [6.45, 7) is 5.12. The van der Waals surface area contributed by atoms with E-state index >= 15 is 0 Å². The second kappa shape index (κ2) is 5.88. The van der Waals surface area contributed by atoms with Gasteiger partial charge in [-0.15, -0.1) is 0 Å². The zero-order valence-corrected chi connectivity index (χ0v) is 13.5. The smallest absolute Gasteiger partial charge is 0.189 e. The molecule has 0 unspecified atom stereocenters. The largest absolute Gasteiger partial charge is 0.467 e. The fourth-order valence-electron chi connectivity index (χ4n) is 3.29. The normalized spacial score (nSPS) is 18.3. The lowest BCUT2D eigenvalue weighted by atomic mass is 9.83. The molecule has 0 bridgehead atoms. The standard InChI is InChI=1S/C20H17ClO2/c1-13-15(7-6-14-4-2-3-5-19(13)14)8-16-9-18(21)10-17-11-22-12-23-20(16)17/h2-5,8-10H,1,6-7,11-12H2. The van der Waals surface area contributed by atoms with E-state index in [9.17, 15) is 0 Å². The number of hydrogen-bond acceptors (Lipinski definition) is 2. The van der Waals surface area contributed by atoms with Crippen molar-refractivity contribution in [3.05, 3.63) is 75.8 Å². The van der Waals surface area contributed by atoms with Gasteiger partial charge in [0.05, 0.1) is 6.61 Å². The Bertz CT molecular complexity index is 820. The van der Waals surface area contributed by atoms with Gasteiger partial charge in [-0.3, -0.25) is 0 Å². The van der Waals surface area contributed by atoms with E-state index in [1.807, 2.05) is 12.1 Å². The van der Waals surface area contributed by atoms with Gasteiger partial charge in [-0.25, -0.2) is 0 Å². The van der Waals surface area contributed by atoms with E-state index in [0.717, 1.165) is 35.3 Å². The summed E-state index contributed by atoms with van der Waals surface area (Å²) in [6.07, 6.45) is 4.18. The molecule has 0 amide bonds. The molecule has 3 heteroatoms. The summed E-state index contributed by atoms with van der Waals surface area (Å²) in [6, 6.07) is 12.3. The van der Waals surface area contributed by atoms with Gasteiger partial charge in [-0.1, -0.05) is 42.4 Å². The molecule has 0 atom stereocenters. The molecule has 1 heterocycles. The van der Waals surface area contributed by atoms with Gasteiger partial charge in [0.2, 0.25) is 0 Å². The summed E-state index contributed by atoms with van der Waals surface area (Å²) in [4.78, 5) is 0. The van der Waals surface area contributed by atoms with Gasteiger partial charge in [0.25, 0.3) is 0 Å². The first kappa shape index (κ1) is 14.6. The Morgan fingerprint density at radius 3 is 2.87 bits per heavy atom. The van der Waals surface area contributed by atoms with Crippen molar-refractivity contribution in [3.63, 3.8) is 0 Å². The van der Waals surface area contributed by atoms with Gasteiger partial charge in [-0.05, 0) is 53.3 Å². The molecule has 23 heavy (non-hydrogen) atoms. The van der Waals surface area contributed by atoms with Gasteiger partial charge in [0, 0.05) is 16.1 Å². The molecule has 0 N–H and O–H groups in total. The van der Waals surface area contributed by atoms with E-state index in [1.54, 1.807) is 0 Å². The van der Waals surface area contributed by atoms with Crippen molar-refractivity contribution in [2.45, 2.75) is 19.4 Å². The number of fused-ring (bicyclic) bond motifs is 2. The fraction of sp³-hybridized carbons (Fsp3) is 0.200. The van der Waals surface area contributed by atoms with Crippen molar-refractivity contribution >= 4 is 23.3 Å². The zero-order valence-electron chi connectivity index (χ0n) is 12.8. The monoisotopic (exact) mass is 324 g/mol. The van der Waals surface area contributed by atoms with Gasteiger partial charge >= 0.3 is 0 Å². The molecule has 2 aliphatic rings. The molecule has 0 radical (unpaired) electrons. The van der Waals surface area contributed by atoms with Crippen LogP contribution in [0.4, 0.5) is 0 Å². The highest BCUT2D eigenvalue weighted by atomic mass is 35.5. The highest BCUT2D eigenvalue weighted by molar-refractivity contribution is 6.30. The topological polar surface area (TPSA) is 18.5 Å². The molecular weight excluding hydrogens is 308 g/mol. The van der Waals surface area contributed by atoms with Gasteiger partial charge < -0.3 is 9.47 Å². The molecule has 1 aliphatic carbocycles. The lowest BCUT2D eigenvalue weighted by molar-refractivity contribution is -0.0165. The maximum atomic E-state index is 6.25. The summed E-state index contributed by atoms with van der Waals surface area (Å²) >= 11 is 6.25. The fourth-order valence-corrected chi connectivity index (χ4v) is 3.54. The van der Waals surface area contributed by atoms with E-state index in [4.69, 9.17) is 21.1 Å². The van der Waals surface area contributed by atoms with Crippen LogP contribution in [0.15, 0.2) is 48.6 Å². The van der Waals surface area contributed by atoms with Crippen molar-refractivity contribution in [3.8, 4) is 5.75 Å². The average Bonchev–Trinajstić information content (AvgIpc) is 2.57. The van der Waals surface area contributed by atoms with Crippen LogP contribution < -0.4 is 4.74 Å². The molecule has 0 spiro atoms. The first-order chi connectivity index (χ1) is 11.2. The summed E-state index contributed by atoms with van der Waals surface area (Å²) in [7, 11) is 0. The predicted molar refractivity (Wildman–Crippen MR) is 93.5 cm³/mol. The van der Waals surface area contributed by atoms with Crippen LogP contribution in [-0.4, -0.2) is 6.79 Å². The Morgan fingerprint density at radius 2 is 1.96 bits per heavy atom. The molecule has 2 aromatic carbocycles. The number of hydrogen-bond donors (Lipinski definition) is 0. The van der Waals surface area contributed by atoms with Crippen molar-refractivity contribution in [2.75, 3.05) is 6.79 Å². The SMILES string of the molecule is C=C1C(=Cc2cc(Cl)cc3c2OCOC3)CCc2ccccc21. The minimum absolute atomic E-state index is 0.286. The first-order valence-corrected chi connectivity index (χ1v) is 8.11. The van der Waals surface area contributed by atoms with E-state index in [0.29, 0.717) is 11.6 Å². The summed E-state index contributed by atoms with van der Waals surface area (Å²) in [5.41, 5.74) is 6.94. The molecule has 4 rings (SSSR count). The number of ether oxygens (including phenoxy) is 2. The molecule has 0 fully saturated rings. The number of halogens is 1. The third-order valence-corrected chi connectivity index (χ3v) is 4.65. The van der Waals surface area contributed by atoms with E-state index in [-0.39, 0.29) is 6.79 Å². The first-order valence-electron chi connectivity index (χ1n) is 7.73. The highest BCUT2D eigenvalue weighted by Crippen LogP contribution is 2.38. The van der Waals surface area contributed by atoms with E-state index in [2.05, 4.69) is 36.9 Å². The number of rotatable bonds is 1. The lowest BCUT2D eigenvalue weighted by Crippen LogP contribution is -2.12. The molecule has 2 aromatic rings. The Hall–Kier alpha value is -2.03. The second-order valence-electron chi connectivity index (χ2n) is 5.90. The summed E-state index contributed by atoms with van der Waals surface area (Å²) < 4.78 is 11.0. The summed E-state index contributed by atoms with van der Waals surface area (Å²) in [5, 5.41) is 0.700. The van der Waals surface area contributed by atoms with Crippen molar-refractivity contribution < 1.29 is 9.47 Å². The van der Waals surface area contributed by atoms with Crippen LogP contribution in [0.3, 0.4) is 0 Å². The highest BCUT2D eigenvalue weighted by Gasteiger charge is 2.19. The van der Waals surface area contributed by atoms with Crippen LogP contribution in [0, 0.1) is 0 Å². The van der Waals surface area contributed by atoms with Crippen molar-refractivity contribution in [2.24, 2.45) is 0 Å². The third-order valence-electron chi connectivity index (χ3n) is 4.43. The van der Waals surface area contributed by atoms with Crippen molar-refractivity contribution in [1.29, 1.82) is 0 Å². The average molecular weight is 325 g/mol. The quantitative estimate of drug-likeness (QED) is 0.713. The van der Waals surface area contributed by atoms with Crippen LogP contribution in [0.25, 0.3) is 11.6 Å². The number of aryl methyl sites for hydroxylation is 1. The van der Waals surface area contributed by atoms with Crippen LogP contribution in [0.1, 0.15) is 28.7 Å². The molecule has 0 saturated carbocycles. The molecule has 2 nitrogen and oxygen atoms in total. The zero-order chi connectivity index (χ0) is 15.8. The maximum absolute atomic E-state index is 6.25. The molecule has 116 valence electrons. The lowest BCUT2D eigenvalue weighted by Gasteiger charge is -2.23. The predicted octanol–water partition coefficient (Wildman–Crippen LogP) is 5.25. The number of allylic oxidation sites excluding steroid dienone is 2. The van der Waals surface area contributed by atoms with Gasteiger partial charge in [-0.2, -0.15) is 0 Å². The van der Waals surface area contributed by atoms with Crippen LogP contribution in [0.5, 0.6) is 5.75 Å².